The van der Waals surface area contributed by atoms with Gasteiger partial charge < -0.3 is 19.7 Å². The number of carboxylic acid groups (broad SMARTS) is 1. The lowest BCUT2D eigenvalue weighted by Gasteiger charge is -2.16. The number of esters is 1. The minimum Gasteiger partial charge on any atom is -0.544 e. The molecule has 8 heteroatoms. The molecule has 0 bridgehead atoms. The molecule has 0 unspecified atom stereocenters. The standard InChI is InChI=1S/C10H7F2IO5/c11-10(12,9(16)17)4-18-8(15)6-2-1-5(13)3-7(6)14/h1-3,14H,4H2,(H,16,17)/p-1. The first-order chi connectivity index (χ1) is 8.24. The van der Waals surface area contributed by atoms with Gasteiger partial charge in [0.1, 0.15) is 17.3 Å². The van der Waals surface area contributed by atoms with E-state index in [0.29, 0.717) is 3.57 Å². The molecule has 0 saturated heterocycles. The Morgan fingerprint density at radius 1 is 1.44 bits per heavy atom. The zero-order valence-corrected chi connectivity index (χ0v) is 10.8. The molecular weight excluding hydrogens is 365 g/mol. The van der Waals surface area contributed by atoms with Crippen molar-refractivity contribution in [2.24, 2.45) is 0 Å². The van der Waals surface area contributed by atoms with Crippen LogP contribution in [0.1, 0.15) is 10.4 Å². The van der Waals surface area contributed by atoms with E-state index in [1.165, 1.54) is 18.2 Å². The average Bonchev–Trinajstić information content (AvgIpc) is 2.25. The van der Waals surface area contributed by atoms with Gasteiger partial charge in [0.05, 0.1) is 0 Å². The number of aromatic hydroxyl groups is 1. The molecule has 1 aromatic rings. The summed E-state index contributed by atoms with van der Waals surface area (Å²) in [6, 6.07) is 3.86. The van der Waals surface area contributed by atoms with Crippen LogP contribution in [-0.2, 0) is 9.53 Å². The van der Waals surface area contributed by atoms with Crippen LogP contribution in [0.3, 0.4) is 0 Å². The van der Waals surface area contributed by atoms with Crippen molar-refractivity contribution in [1.82, 2.24) is 0 Å². The molecule has 0 saturated carbocycles. The highest BCUT2D eigenvalue weighted by molar-refractivity contribution is 14.1. The molecular formula is C10H6F2IO5-. The minimum absolute atomic E-state index is 0.329. The second kappa shape index (κ2) is 5.46. The number of carbonyl (C=O) groups excluding carboxylic acids is 2. The van der Waals surface area contributed by atoms with Crippen molar-refractivity contribution in [1.29, 1.82) is 0 Å². The fourth-order valence-corrected chi connectivity index (χ4v) is 1.45. The van der Waals surface area contributed by atoms with E-state index in [0.717, 1.165) is 0 Å². The van der Waals surface area contributed by atoms with E-state index >= 15 is 0 Å². The molecule has 1 N–H and O–H groups in total. The number of carboxylic acids is 1. The fourth-order valence-electron chi connectivity index (χ4n) is 0.970. The Kier molecular flexibility index (Phi) is 4.43. The number of alkyl halides is 2. The van der Waals surface area contributed by atoms with Crippen LogP contribution in [-0.4, -0.2) is 29.6 Å². The highest BCUT2D eigenvalue weighted by Gasteiger charge is 2.33. The molecule has 1 aromatic carbocycles. The van der Waals surface area contributed by atoms with Gasteiger partial charge in [-0.05, 0) is 40.8 Å². The molecule has 0 amide bonds. The average molecular weight is 371 g/mol. The van der Waals surface area contributed by atoms with Gasteiger partial charge in [-0.2, -0.15) is 8.78 Å². The van der Waals surface area contributed by atoms with Crippen molar-refractivity contribution in [3.63, 3.8) is 0 Å². The third-order valence-electron chi connectivity index (χ3n) is 1.86. The molecule has 98 valence electrons. The van der Waals surface area contributed by atoms with Crippen molar-refractivity contribution in [3.05, 3.63) is 27.3 Å². The van der Waals surface area contributed by atoms with Crippen LogP contribution in [0.15, 0.2) is 18.2 Å². The zero-order chi connectivity index (χ0) is 13.9. The monoisotopic (exact) mass is 371 g/mol. The normalized spacial score (nSPS) is 11.1. The molecule has 0 radical (unpaired) electrons. The predicted octanol–water partition coefficient (Wildman–Crippen LogP) is 0.539. The lowest BCUT2D eigenvalue weighted by atomic mass is 10.2. The predicted molar refractivity (Wildman–Crippen MR) is 61.1 cm³/mol. The molecule has 0 spiro atoms. The van der Waals surface area contributed by atoms with Crippen molar-refractivity contribution >= 4 is 34.5 Å². The summed E-state index contributed by atoms with van der Waals surface area (Å²) in [5, 5.41) is 19.4. The van der Waals surface area contributed by atoms with Crippen LogP contribution in [0.5, 0.6) is 5.75 Å². The molecule has 18 heavy (non-hydrogen) atoms. The summed E-state index contributed by atoms with van der Waals surface area (Å²) >= 11 is 1.87. The number of carbonyl (C=O) groups is 2. The molecule has 0 aliphatic rings. The maximum absolute atomic E-state index is 12.6. The summed E-state index contributed by atoms with van der Waals surface area (Å²) in [6.07, 6.45) is 0. The lowest BCUT2D eigenvalue weighted by molar-refractivity contribution is -0.331. The summed E-state index contributed by atoms with van der Waals surface area (Å²) in [4.78, 5) is 21.3. The van der Waals surface area contributed by atoms with Gasteiger partial charge in [0, 0.05) is 3.57 Å². The Hall–Kier alpha value is -1.45. The summed E-state index contributed by atoms with van der Waals surface area (Å²) in [7, 11) is 0. The van der Waals surface area contributed by atoms with Crippen molar-refractivity contribution in [2.75, 3.05) is 6.61 Å². The fraction of sp³-hybridized carbons (Fsp3) is 0.200. The second-order valence-electron chi connectivity index (χ2n) is 3.23. The molecule has 0 fully saturated rings. The molecule has 0 atom stereocenters. The number of rotatable bonds is 4. The quantitative estimate of drug-likeness (QED) is 0.617. The highest BCUT2D eigenvalue weighted by atomic mass is 127. The lowest BCUT2D eigenvalue weighted by Crippen LogP contribution is -2.45. The van der Waals surface area contributed by atoms with Crippen LogP contribution in [0, 0.1) is 3.57 Å². The topological polar surface area (TPSA) is 86.7 Å². The number of benzene rings is 1. The molecule has 0 aliphatic carbocycles. The number of phenols is 1. The van der Waals surface area contributed by atoms with Crippen molar-refractivity contribution in [2.45, 2.75) is 5.92 Å². The first-order valence-electron chi connectivity index (χ1n) is 4.49. The van der Waals surface area contributed by atoms with E-state index in [1.54, 1.807) is 0 Å². The molecule has 0 heterocycles. The van der Waals surface area contributed by atoms with Crippen LogP contribution in [0.25, 0.3) is 0 Å². The number of ether oxygens (including phenoxy) is 1. The van der Waals surface area contributed by atoms with Crippen LogP contribution in [0.4, 0.5) is 8.78 Å². The molecule has 5 nitrogen and oxygen atoms in total. The van der Waals surface area contributed by atoms with Gasteiger partial charge in [-0.15, -0.1) is 0 Å². The van der Waals surface area contributed by atoms with E-state index in [9.17, 15) is 28.6 Å². The van der Waals surface area contributed by atoms with Crippen LogP contribution < -0.4 is 5.11 Å². The van der Waals surface area contributed by atoms with Crippen LogP contribution in [0.2, 0.25) is 0 Å². The maximum Gasteiger partial charge on any atom is 0.342 e. The third kappa shape index (κ3) is 3.52. The second-order valence-corrected chi connectivity index (χ2v) is 4.48. The Morgan fingerprint density at radius 3 is 2.56 bits per heavy atom. The highest BCUT2D eigenvalue weighted by Crippen LogP contribution is 2.22. The van der Waals surface area contributed by atoms with Crippen LogP contribution >= 0.6 is 22.6 Å². The van der Waals surface area contributed by atoms with Crippen molar-refractivity contribution in [3.8, 4) is 5.75 Å². The van der Waals surface area contributed by atoms with Crippen molar-refractivity contribution < 1.29 is 33.3 Å². The van der Waals surface area contributed by atoms with Gasteiger partial charge >= 0.3 is 11.9 Å². The number of hydrogen-bond donors (Lipinski definition) is 1. The van der Waals surface area contributed by atoms with E-state index in [1.807, 2.05) is 22.6 Å². The third-order valence-corrected chi connectivity index (χ3v) is 2.53. The van der Waals surface area contributed by atoms with Gasteiger partial charge in [-0.25, -0.2) is 4.79 Å². The van der Waals surface area contributed by atoms with Gasteiger partial charge in [-0.3, -0.25) is 0 Å². The Labute approximate surface area is 114 Å². The van der Waals surface area contributed by atoms with E-state index in [-0.39, 0.29) is 5.56 Å². The van der Waals surface area contributed by atoms with Gasteiger partial charge in [0.2, 0.25) is 0 Å². The number of hydrogen-bond acceptors (Lipinski definition) is 5. The molecule has 0 aromatic heterocycles. The summed E-state index contributed by atoms with van der Waals surface area (Å²) in [6.45, 7) is -1.65. The first-order valence-corrected chi connectivity index (χ1v) is 5.57. The number of halogens is 3. The van der Waals surface area contributed by atoms with E-state index in [2.05, 4.69) is 4.74 Å². The van der Waals surface area contributed by atoms with Gasteiger partial charge in [0.15, 0.2) is 6.61 Å². The zero-order valence-electron chi connectivity index (χ0n) is 8.65. The smallest absolute Gasteiger partial charge is 0.342 e. The molecule has 0 aliphatic heterocycles. The minimum atomic E-state index is -4.27. The summed E-state index contributed by atoms with van der Waals surface area (Å²) < 4.78 is 29.9. The Bertz CT molecular complexity index is 489. The molecule has 1 rings (SSSR count). The maximum atomic E-state index is 12.6. The Morgan fingerprint density at radius 2 is 2.06 bits per heavy atom. The van der Waals surface area contributed by atoms with Gasteiger partial charge in [0.25, 0.3) is 0 Å². The SMILES string of the molecule is O=C(OCC(F)(F)C(=O)[O-])c1ccc(I)cc1O. The summed E-state index contributed by atoms with van der Waals surface area (Å²) in [5.74, 6) is -8.59. The number of aliphatic carboxylic acids is 1. The van der Waals surface area contributed by atoms with Gasteiger partial charge in [-0.1, -0.05) is 0 Å². The largest absolute Gasteiger partial charge is 0.544 e. The van der Waals surface area contributed by atoms with E-state index < -0.39 is 30.2 Å². The summed E-state index contributed by atoms with van der Waals surface area (Å²) in [5.41, 5.74) is -0.329. The first kappa shape index (κ1) is 14.6. The van der Waals surface area contributed by atoms with E-state index in [4.69, 9.17) is 0 Å². The Balaban J connectivity index is 2.75. The number of phenolic OH excluding ortho intramolecular Hbond substituents is 1.